The van der Waals surface area contributed by atoms with Gasteiger partial charge < -0.3 is 9.80 Å². The maximum absolute atomic E-state index is 12.6. The fraction of sp³-hybridized carbons (Fsp3) is 0.471. The molecule has 25 heavy (non-hydrogen) atoms. The summed E-state index contributed by atoms with van der Waals surface area (Å²) in [5, 5.41) is 8.62. The van der Waals surface area contributed by atoms with Crippen molar-refractivity contribution in [3.05, 3.63) is 41.9 Å². The number of piperazine rings is 1. The van der Waals surface area contributed by atoms with Crippen LogP contribution in [0, 0.1) is 0 Å². The van der Waals surface area contributed by atoms with Crippen LogP contribution in [-0.2, 0) is 6.18 Å². The molecule has 5 nitrogen and oxygen atoms in total. The molecule has 2 aliphatic rings. The van der Waals surface area contributed by atoms with Crippen LogP contribution >= 0.6 is 0 Å². The van der Waals surface area contributed by atoms with Crippen molar-refractivity contribution < 1.29 is 13.2 Å². The van der Waals surface area contributed by atoms with Gasteiger partial charge in [-0.05, 0) is 37.1 Å². The van der Waals surface area contributed by atoms with E-state index in [1.165, 1.54) is 25.1 Å². The van der Waals surface area contributed by atoms with Gasteiger partial charge in [0, 0.05) is 32.1 Å². The van der Waals surface area contributed by atoms with Crippen LogP contribution in [0.4, 0.5) is 24.7 Å². The van der Waals surface area contributed by atoms with Crippen LogP contribution in [0.2, 0.25) is 0 Å². The fourth-order valence-electron chi connectivity index (χ4n) is 3.04. The number of alkyl halides is 3. The lowest BCUT2D eigenvalue weighted by atomic mass is 10.2. The first kappa shape index (κ1) is 16.1. The van der Waals surface area contributed by atoms with E-state index in [9.17, 15) is 13.2 Å². The van der Waals surface area contributed by atoms with Crippen molar-refractivity contribution in [1.29, 1.82) is 0 Å². The molecule has 0 aromatic carbocycles. The van der Waals surface area contributed by atoms with Crippen LogP contribution < -0.4 is 9.80 Å². The van der Waals surface area contributed by atoms with Crippen molar-refractivity contribution in [1.82, 2.24) is 15.2 Å². The summed E-state index contributed by atoms with van der Waals surface area (Å²) < 4.78 is 37.8. The van der Waals surface area contributed by atoms with Crippen LogP contribution in [0.15, 0.2) is 30.5 Å². The average Bonchev–Trinajstić information content (AvgIpc) is 3.47. The monoisotopic (exact) mass is 349 g/mol. The molecule has 3 heterocycles. The van der Waals surface area contributed by atoms with Crippen molar-refractivity contribution in [2.75, 3.05) is 36.0 Å². The molecule has 2 aromatic heterocycles. The van der Waals surface area contributed by atoms with Gasteiger partial charge in [0.15, 0.2) is 5.82 Å². The van der Waals surface area contributed by atoms with Gasteiger partial charge in [0.25, 0.3) is 0 Å². The predicted molar refractivity (Wildman–Crippen MR) is 87.7 cm³/mol. The van der Waals surface area contributed by atoms with Gasteiger partial charge in [0.2, 0.25) is 0 Å². The molecule has 1 saturated carbocycles. The second-order valence-electron chi connectivity index (χ2n) is 6.46. The maximum atomic E-state index is 12.6. The average molecular weight is 349 g/mol. The largest absolute Gasteiger partial charge is 0.433 e. The van der Waals surface area contributed by atoms with Crippen molar-refractivity contribution in [2.45, 2.75) is 24.9 Å². The van der Waals surface area contributed by atoms with Crippen molar-refractivity contribution in [2.24, 2.45) is 0 Å². The van der Waals surface area contributed by atoms with Gasteiger partial charge in [-0.3, -0.25) is 0 Å². The maximum Gasteiger partial charge on any atom is 0.433 e. The normalized spacial score (nSPS) is 18.5. The van der Waals surface area contributed by atoms with E-state index < -0.39 is 11.9 Å². The van der Waals surface area contributed by atoms with Gasteiger partial charge in [-0.2, -0.15) is 18.3 Å². The first-order valence-corrected chi connectivity index (χ1v) is 8.37. The van der Waals surface area contributed by atoms with Crippen LogP contribution in [0.25, 0.3) is 0 Å². The molecule has 4 rings (SSSR count). The molecule has 0 atom stereocenters. The van der Waals surface area contributed by atoms with Crippen LogP contribution in [0.1, 0.15) is 30.1 Å². The van der Waals surface area contributed by atoms with Crippen molar-refractivity contribution >= 4 is 11.5 Å². The van der Waals surface area contributed by atoms with E-state index in [1.54, 1.807) is 0 Å². The topological polar surface area (TPSA) is 45.2 Å². The Hall–Kier alpha value is -2.38. The molecule has 1 saturated heterocycles. The smallest absolute Gasteiger partial charge is 0.367 e. The molecule has 8 heteroatoms. The first-order valence-electron chi connectivity index (χ1n) is 8.37. The van der Waals surface area contributed by atoms with Crippen molar-refractivity contribution in [3.63, 3.8) is 0 Å². The van der Waals surface area contributed by atoms with Gasteiger partial charge in [-0.1, -0.05) is 0 Å². The Morgan fingerprint density at radius 3 is 2.12 bits per heavy atom. The van der Waals surface area contributed by atoms with Gasteiger partial charge >= 0.3 is 6.18 Å². The first-order chi connectivity index (χ1) is 12.0. The molecule has 0 amide bonds. The number of halogens is 3. The molecule has 2 aromatic rings. The van der Waals surface area contributed by atoms with E-state index in [-0.39, 0.29) is 0 Å². The van der Waals surface area contributed by atoms with E-state index in [1.807, 2.05) is 17.0 Å². The molecule has 1 aliphatic carbocycles. The van der Waals surface area contributed by atoms with E-state index in [0.717, 1.165) is 30.7 Å². The van der Waals surface area contributed by atoms with Crippen molar-refractivity contribution in [3.8, 4) is 0 Å². The highest BCUT2D eigenvalue weighted by atomic mass is 19.4. The zero-order valence-corrected chi connectivity index (χ0v) is 13.6. The molecule has 132 valence electrons. The van der Waals surface area contributed by atoms with E-state index >= 15 is 0 Å². The third-order valence-electron chi connectivity index (χ3n) is 4.67. The molecular weight excluding hydrogens is 331 g/mol. The van der Waals surface area contributed by atoms with E-state index in [0.29, 0.717) is 24.7 Å². The van der Waals surface area contributed by atoms with Crippen LogP contribution in [0.3, 0.4) is 0 Å². The predicted octanol–water partition coefficient (Wildman–Crippen LogP) is 3.09. The Morgan fingerprint density at radius 1 is 0.880 bits per heavy atom. The second kappa shape index (κ2) is 6.16. The summed E-state index contributed by atoms with van der Waals surface area (Å²) in [5.41, 5.74) is 0.918. The van der Waals surface area contributed by atoms with E-state index in [4.69, 9.17) is 0 Å². The number of aromatic nitrogens is 3. The molecule has 1 aliphatic heterocycles. The molecule has 0 spiro atoms. The molecule has 0 unspecified atom stereocenters. The minimum Gasteiger partial charge on any atom is -0.367 e. The lowest BCUT2D eigenvalue weighted by molar-refractivity contribution is -0.141. The Balaban J connectivity index is 1.37. The number of hydrogen-bond acceptors (Lipinski definition) is 5. The Labute approximate surface area is 143 Å². The quantitative estimate of drug-likeness (QED) is 0.852. The Kier molecular flexibility index (Phi) is 3.97. The minimum atomic E-state index is -4.40. The highest BCUT2D eigenvalue weighted by Gasteiger charge is 2.32. The number of hydrogen-bond donors (Lipinski definition) is 0. The summed E-state index contributed by atoms with van der Waals surface area (Å²) in [6.45, 7) is 2.91. The standard InChI is InChI=1S/C17H18F3N5/c18-17(19,20)15-5-3-13(11-21-15)24-7-9-25(10-8-24)16-6-4-14(22-23-16)12-1-2-12/h3-6,11-12H,1-2,7-10H2. The molecule has 0 N–H and O–H groups in total. The molecule has 0 radical (unpaired) electrons. The fourth-order valence-corrected chi connectivity index (χ4v) is 3.04. The molecule has 2 fully saturated rings. The SMILES string of the molecule is FC(F)(F)c1ccc(N2CCN(c3ccc(C4CC4)nn3)CC2)cn1. The van der Waals surface area contributed by atoms with Crippen LogP contribution in [-0.4, -0.2) is 41.4 Å². The number of nitrogens with zero attached hydrogens (tertiary/aromatic N) is 5. The van der Waals surface area contributed by atoms with E-state index in [2.05, 4.69) is 20.1 Å². The number of anilines is 2. The summed E-state index contributed by atoms with van der Waals surface area (Å²) in [5.74, 6) is 1.44. The lowest BCUT2D eigenvalue weighted by Crippen LogP contribution is -2.47. The zero-order chi connectivity index (χ0) is 17.4. The summed E-state index contributed by atoms with van der Waals surface area (Å²) in [6.07, 6.45) is -0.701. The third-order valence-corrected chi connectivity index (χ3v) is 4.67. The summed E-state index contributed by atoms with van der Waals surface area (Å²) >= 11 is 0. The minimum absolute atomic E-state index is 0.588. The number of rotatable bonds is 3. The van der Waals surface area contributed by atoms with Gasteiger partial charge in [-0.25, -0.2) is 4.98 Å². The summed E-state index contributed by atoms with van der Waals surface area (Å²) in [7, 11) is 0. The van der Waals surface area contributed by atoms with Gasteiger partial charge in [0.05, 0.1) is 17.6 Å². The summed E-state index contributed by atoms with van der Waals surface area (Å²) in [4.78, 5) is 7.72. The molecular formula is C17H18F3N5. The Bertz CT molecular complexity index is 717. The van der Waals surface area contributed by atoms with Gasteiger partial charge in [0.1, 0.15) is 5.69 Å². The Morgan fingerprint density at radius 2 is 1.60 bits per heavy atom. The second-order valence-corrected chi connectivity index (χ2v) is 6.46. The summed E-state index contributed by atoms with van der Waals surface area (Å²) in [6, 6.07) is 6.57. The highest BCUT2D eigenvalue weighted by Crippen LogP contribution is 2.38. The van der Waals surface area contributed by atoms with Gasteiger partial charge in [-0.15, -0.1) is 5.10 Å². The molecule has 0 bridgehead atoms. The number of pyridine rings is 1. The van der Waals surface area contributed by atoms with Crippen LogP contribution in [0.5, 0.6) is 0 Å². The zero-order valence-electron chi connectivity index (χ0n) is 13.6. The lowest BCUT2D eigenvalue weighted by Gasteiger charge is -2.36. The highest BCUT2D eigenvalue weighted by molar-refractivity contribution is 5.48. The third kappa shape index (κ3) is 3.52.